The van der Waals surface area contributed by atoms with Crippen LogP contribution in [-0.4, -0.2) is 23.2 Å². The normalized spacial score (nSPS) is 25.7. The van der Waals surface area contributed by atoms with Gasteiger partial charge in [0.25, 0.3) is 0 Å². The first-order valence-electron chi connectivity index (χ1n) is 4.97. The molecule has 15 heavy (non-hydrogen) atoms. The summed E-state index contributed by atoms with van der Waals surface area (Å²) in [4.78, 5) is 8.54. The molecule has 1 saturated carbocycles. The molecule has 0 radical (unpaired) electrons. The van der Waals surface area contributed by atoms with Gasteiger partial charge >= 0.3 is 0 Å². The Morgan fingerprint density at radius 3 is 2.33 bits per heavy atom. The van der Waals surface area contributed by atoms with Crippen molar-refractivity contribution in [1.82, 2.24) is 9.97 Å². The van der Waals surface area contributed by atoms with E-state index in [4.69, 9.17) is 10.5 Å². The van der Waals surface area contributed by atoms with Gasteiger partial charge in [0.05, 0.1) is 23.2 Å². The Labute approximate surface area is 96.4 Å². The minimum Gasteiger partial charge on any atom is -0.380 e. The van der Waals surface area contributed by atoms with Crippen molar-refractivity contribution in [2.75, 3.05) is 13.2 Å². The van der Waals surface area contributed by atoms with E-state index in [-0.39, 0.29) is 5.54 Å². The summed E-state index contributed by atoms with van der Waals surface area (Å²) in [6.07, 6.45) is 5.39. The highest BCUT2D eigenvalue weighted by Crippen LogP contribution is 2.55. The SMILES string of the molecule is NC1(c2ncc(Br)cn2)CC2(COC2)C1. The van der Waals surface area contributed by atoms with Crippen molar-refractivity contribution in [2.45, 2.75) is 18.4 Å². The lowest BCUT2D eigenvalue weighted by atomic mass is 9.56. The zero-order valence-electron chi connectivity index (χ0n) is 8.24. The molecule has 0 bridgehead atoms. The van der Waals surface area contributed by atoms with Gasteiger partial charge in [-0.05, 0) is 28.8 Å². The van der Waals surface area contributed by atoms with Crippen molar-refractivity contribution in [3.8, 4) is 0 Å². The lowest BCUT2D eigenvalue weighted by molar-refractivity contribution is -0.189. The molecule has 80 valence electrons. The molecule has 1 saturated heterocycles. The van der Waals surface area contributed by atoms with Gasteiger partial charge in [0.1, 0.15) is 5.82 Å². The van der Waals surface area contributed by atoms with E-state index in [1.165, 1.54) is 0 Å². The van der Waals surface area contributed by atoms with E-state index >= 15 is 0 Å². The van der Waals surface area contributed by atoms with Gasteiger partial charge in [0.15, 0.2) is 0 Å². The van der Waals surface area contributed by atoms with E-state index < -0.39 is 0 Å². The highest BCUT2D eigenvalue weighted by atomic mass is 79.9. The van der Waals surface area contributed by atoms with E-state index in [1.54, 1.807) is 12.4 Å². The summed E-state index contributed by atoms with van der Waals surface area (Å²) < 4.78 is 6.11. The molecule has 0 unspecified atom stereocenters. The molecule has 2 heterocycles. The molecule has 1 aromatic heterocycles. The van der Waals surface area contributed by atoms with Crippen LogP contribution in [0, 0.1) is 5.41 Å². The smallest absolute Gasteiger partial charge is 0.148 e. The molecule has 1 aromatic rings. The lowest BCUT2D eigenvalue weighted by Gasteiger charge is -2.57. The van der Waals surface area contributed by atoms with Gasteiger partial charge in [-0.2, -0.15) is 0 Å². The predicted molar refractivity (Wildman–Crippen MR) is 58.1 cm³/mol. The average molecular weight is 270 g/mol. The molecule has 0 amide bonds. The maximum Gasteiger partial charge on any atom is 0.148 e. The van der Waals surface area contributed by atoms with Crippen LogP contribution in [0.1, 0.15) is 18.7 Å². The Hall–Kier alpha value is -0.520. The third kappa shape index (κ3) is 1.41. The summed E-state index contributed by atoms with van der Waals surface area (Å²) in [5.41, 5.74) is 6.27. The molecule has 1 aliphatic carbocycles. The highest BCUT2D eigenvalue weighted by molar-refractivity contribution is 9.10. The van der Waals surface area contributed by atoms with Crippen molar-refractivity contribution < 1.29 is 4.74 Å². The highest BCUT2D eigenvalue weighted by Gasteiger charge is 2.58. The van der Waals surface area contributed by atoms with Crippen molar-refractivity contribution in [2.24, 2.45) is 11.1 Å². The Morgan fingerprint density at radius 1 is 1.27 bits per heavy atom. The lowest BCUT2D eigenvalue weighted by Crippen LogP contribution is -2.64. The Bertz CT molecular complexity index is 380. The van der Waals surface area contributed by atoms with Gasteiger partial charge in [0.2, 0.25) is 0 Å². The van der Waals surface area contributed by atoms with Crippen LogP contribution in [0.5, 0.6) is 0 Å². The van der Waals surface area contributed by atoms with Gasteiger partial charge in [-0.25, -0.2) is 9.97 Å². The second kappa shape index (κ2) is 2.99. The number of halogens is 1. The van der Waals surface area contributed by atoms with E-state index in [0.717, 1.165) is 36.4 Å². The minimum atomic E-state index is -0.329. The fraction of sp³-hybridized carbons (Fsp3) is 0.600. The molecule has 4 nitrogen and oxygen atoms in total. The molecule has 5 heteroatoms. The molecule has 2 fully saturated rings. The van der Waals surface area contributed by atoms with Crippen LogP contribution < -0.4 is 5.73 Å². The van der Waals surface area contributed by atoms with Crippen molar-refractivity contribution in [3.05, 3.63) is 22.7 Å². The third-order valence-electron chi connectivity index (χ3n) is 3.26. The molecule has 2 N–H and O–H groups in total. The largest absolute Gasteiger partial charge is 0.380 e. The summed E-state index contributed by atoms with van der Waals surface area (Å²) in [5, 5.41) is 0. The van der Waals surface area contributed by atoms with Crippen LogP contribution in [0.3, 0.4) is 0 Å². The Balaban J connectivity index is 1.80. The standard InChI is InChI=1S/C10H12BrN3O/c11-7-1-13-8(14-2-7)10(12)3-9(4-10)5-15-6-9/h1-2H,3-6,12H2. The van der Waals surface area contributed by atoms with Crippen molar-refractivity contribution >= 4 is 15.9 Å². The maximum atomic E-state index is 6.26. The first kappa shape index (κ1) is 9.69. The molecule has 2 aliphatic rings. The topological polar surface area (TPSA) is 61.0 Å². The van der Waals surface area contributed by atoms with Crippen molar-refractivity contribution in [1.29, 1.82) is 0 Å². The number of ether oxygens (including phenoxy) is 1. The van der Waals surface area contributed by atoms with Crippen LogP contribution in [0.2, 0.25) is 0 Å². The number of rotatable bonds is 1. The van der Waals surface area contributed by atoms with Gasteiger partial charge < -0.3 is 10.5 Å². The molecule has 1 spiro atoms. The fourth-order valence-electron chi connectivity index (χ4n) is 2.61. The van der Waals surface area contributed by atoms with Gasteiger partial charge in [-0.3, -0.25) is 0 Å². The van der Waals surface area contributed by atoms with Gasteiger partial charge in [-0.15, -0.1) is 0 Å². The van der Waals surface area contributed by atoms with Crippen LogP contribution in [0.25, 0.3) is 0 Å². The second-order valence-corrected chi connectivity index (χ2v) is 5.64. The Kier molecular flexibility index (Phi) is 1.93. The molecular formula is C10H12BrN3O. The number of nitrogens with zero attached hydrogens (tertiary/aromatic N) is 2. The van der Waals surface area contributed by atoms with Crippen molar-refractivity contribution in [3.63, 3.8) is 0 Å². The third-order valence-corrected chi connectivity index (χ3v) is 3.67. The number of aromatic nitrogens is 2. The first-order valence-corrected chi connectivity index (χ1v) is 5.76. The van der Waals surface area contributed by atoms with Crippen LogP contribution in [0.4, 0.5) is 0 Å². The maximum absolute atomic E-state index is 6.26. The number of nitrogens with two attached hydrogens (primary N) is 1. The Morgan fingerprint density at radius 2 is 1.87 bits per heavy atom. The molecule has 0 aromatic carbocycles. The first-order chi connectivity index (χ1) is 7.12. The predicted octanol–water partition coefficient (Wildman–Crippen LogP) is 1.20. The summed E-state index contributed by atoms with van der Waals surface area (Å²) in [5.74, 6) is 0.753. The average Bonchev–Trinajstić information content (AvgIpc) is 2.11. The quantitative estimate of drug-likeness (QED) is 0.833. The fourth-order valence-corrected chi connectivity index (χ4v) is 2.81. The molecule has 0 atom stereocenters. The van der Waals surface area contributed by atoms with E-state index in [9.17, 15) is 0 Å². The zero-order chi connectivity index (χ0) is 10.5. The molecule has 3 rings (SSSR count). The van der Waals surface area contributed by atoms with Crippen LogP contribution in [0.15, 0.2) is 16.9 Å². The van der Waals surface area contributed by atoms with E-state index in [0.29, 0.717) is 5.41 Å². The van der Waals surface area contributed by atoms with Gasteiger partial charge in [0, 0.05) is 17.8 Å². The zero-order valence-corrected chi connectivity index (χ0v) is 9.83. The summed E-state index contributed by atoms with van der Waals surface area (Å²) in [7, 11) is 0. The summed E-state index contributed by atoms with van der Waals surface area (Å²) in [6.45, 7) is 1.70. The number of hydrogen-bond acceptors (Lipinski definition) is 4. The minimum absolute atomic E-state index is 0.329. The second-order valence-electron chi connectivity index (χ2n) is 4.73. The van der Waals surface area contributed by atoms with E-state index in [1.807, 2.05) is 0 Å². The monoisotopic (exact) mass is 269 g/mol. The van der Waals surface area contributed by atoms with Crippen LogP contribution >= 0.6 is 15.9 Å². The van der Waals surface area contributed by atoms with Crippen LogP contribution in [-0.2, 0) is 10.3 Å². The van der Waals surface area contributed by atoms with Gasteiger partial charge in [-0.1, -0.05) is 0 Å². The molecular weight excluding hydrogens is 258 g/mol. The number of hydrogen-bond donors (Lipinski definition) is 1. The summed E-state index contributed by atoms with van der Waals surface area (Å²) >= 11 is 3.31. The van der Waals surface area contributed by atoms with E-state index in [2.05, 4.69) is 25.9 Å². The summed E-state index contributed by atoms with van der Waals surface area (Å²) in [6, 6.07) is 0. The molecule has 1 aliphatic heterocycles.